The van der Waals surface area contributed by atoms with Crippen molar-refractivity contribution in [2.24, 2.45) is 5.92 Å². The lowest BCUT2D eigenvalue weighted by molar-refractivity contribution is 0.118. The molecule has 1 saturated carbocycles. The van der Waals surface area contributed by atoms with Crippen LogP contribution in [0.3, 0.4) is 0 Å². The lowest BCUT2D eigenvalue weighted by atomic mass is 10.1. The molecule has 5 heteroatoms. The topological polar surface area (TPSA) is 50.4 Å². The molecule has 1 fully saturated rings. The van der Waals surface area contributed by atoms with E-state index >= 15 is 0 Å². The molecule has 1 heterocycles. The van der Waals surface area contributed by atoms with Gasteiger partial charge in [-0.1, -0.05) is 25.7 Å². The van der Waals surface area contributed by atoms with Gasteiger partial charge in [-0.2, -0.15) is 0 Å². The van der Waals surface area contributed by atoms with Gasteiger partial charge in [-0.25, -0.2) is 4.98 Å². The molecule has 0 saturated heterocycles. The van der Waals surface area contributed by atoms with Crippen LogP contribution in [0, 0.1) is 12.8 Å². The minimum atomic E-state index is 0.593. The SMILES string of the molecule is CCOC1CC1CCCCCCCOCCCN(C)Cc1ncc(C)[nH]1. The number of aromatic nitrogens is 2. The Hall–Kier alpha value is -0.910. The van der Waals surface area contributed by atoms with Crippen molar-refractivity contribution in [2.45, 2.75) is 77.9 Å². The van der Waals surface area contributed by atoms with Crippen LogP contribution in [0.4, 0.5) is 0 Å². The first kappa shape index (κ1) is 21.4. The summed E-state index contributed by atoms with van der Waals surface area (Å²) in [6.07, 6.45) is 12.8. The summed E-state index contributed by atoms with van der Waals surface area (Å²) in [7, 11) is 2.13. The summed E-state index contributed by atoms with van der Waals surface area (Å²) in [4.78, 5) is 9.91. The molecule has 0 aliphatic heterocycles. The maximum Gasteiger partial charge on any atom is 0.120 e. The molecule has 0 amide bonds. The first-order valence-corrected chi connectivity index (χ1v) is 10.6. The van der Waals surface area contributed by atoms with E-state index in [2.05, 4.69) is 28.8 Å². The van der Waals surface area contributed by atoms with Gasteiger partial charge >= 0.3 is 0 Å². The minimum Gasteiger partial charge on any atom is -0.381 e. The Morgan fingerprint density at radius 3 is 2.69 bits per heavy atom. The monoisotopic (exact) mass is 365 g/mol. The molecular formula is C21H39N3O2. The van der Waals surface area contributed by atoms with Crippen molar-refractivity contribution in [3.05, 3.63) is 17.7 Å². The van der Waals surface area contributed by atoms with Crippen LogP contribution in [0.25, 0.3) is 0 Å². The minimum absolute atomic E-state index is 0.593. The number of ether oxygens (including phenoxy) is 2. The van der Waals surface area contributed by atoms with Gasteiger partial charge in [0.25, 0.3) is 0 Å². The van der Waals surface area contributed by atoms with E-state index in [4.69, 9.17) is 9.47 Å². The Bertz CT molecular complexity index is 478. The molecule has 0 radical (unpaired) electrons. The van der Waals surface area contributed by atoms with E-state index in [1.54, 1.807) is 0 Å². The van der Waals surface area contributed by atoms with E-state index in [9.17, 15) is 0 Å². The zero-order valence-corrected chi connectivity index (χ0v) is 17.1. The standard InChI is InChI=1S/C21H39N3O2/c1-4-26-20-15-19(20)11-8-6-5-7-9-13-25-14-10-12-24(3)17-21-22-16-18(2)23-21/h16,19-20H,4-15,17H2,1-3H3,(H,22,23). The molecule has 1 N–H and O–H groups in total. The van der Waals surface area contributed by atoms with Crippen molar-refractivity contribution in [2.75, 3.05) is 33.4 Å². The molecular weight excluding hydrogens is 326 g/mol. The van der Waals surface area contributed by atoms with Gasteiger partial charge in [0.1, 0.15) is 5.82 Å². The van der Waals surface area contributed by atoms with Crippen LogP contribution in [-0.4, -0.2) is 54.4 Å². The van der Waals surface area contributed by atoms with Crippen LogP contribution in [0.2, 0.25) is 0 Å². The Morgan fingerprint density at radius 1 is 1.15 bits per heavy atom. The molecule has 5 nitrogen and oxygen atoms in total. The average molecular weight is 366 g/mol. The number of H-pyrrole nitrogens is 1. The largest absolute Gasteiger partial charge is 0.381 e. The fraction of sp³-hybridized carbons (Fsp3) is 0.857. The van der Waals surface area contributed by atoms with E-state index in [1.165, 1.54) is 44.9 Å². The summed E-state index contributed by atoms with van der Waals surface area (Å²) >= 11 is 0. The van der Waals surface area contributed by atoms with Gasteiger partial charge in [0.05, 0.1) is 12.6 Å². The Balaban J connectivity index is 1.30. The molecule has 1 aromatic heterocycles. The first-order valence-electron chi connectivity index (χ1n) is 10.6. The van der Waals surface area contributed by atoms with Crippen LogP contribution >= 0.6 is 0 Å². The number of imidazole rings is 1. The molecule has 2 rings (SSSR count). The third-order valence-electron chi connectivity index (χ3n) is 5.11. The van der Waals surface area contributed by atoms with Gasteiger partial charge in [-0.15, -0.1) is 0 Å². The first-order chi connectivity index (χ1) is 12.7. The second-order valence-electron chi connectivity index (χ2n) is 7.76. The molecule has 1 aliphatic rings. The number of unbranched alkanes of at least 4 members (excludes halogenated alkanes) is 4. The molecule has 0 spiro atoms. The average Bonchev–Trinajstić information content (AvgIpc) is 3.23. The van der Waals surface area contributed by atoms with E-state index in [0.717, 1.165) is 56.8 Å². The highest BCUT2D eigenvalue weighted by atomic mass is 16.5. The van der Waals surface area contributed by atoms with Gasteiger partial charge in [-0.3, -0.25) is 4.90 Å². The molecule has 0 bridgehead atoms. The molecule has 1 aliphatic carbocycles. The summed E-state index contributed by atoms with van der Waals surface area (Å²) in [5, 5.41) is 0. The Kier molecular flexibility index (Phi) is 10.3. The van der Waals surface area contributed by atoms with Crippen molar-refractivity contribution in [1.29, 1.82) is 0 Å². The lowest BCUT2D eigenvalue weighted by Crippen LogP contribution is -2.21. The van der Waals surface area contributed by atoms with Crippen LogP contribution in [-0.2, 0) is 16.0 Å². The van der Waals surface area contributed by atoms with Gasteiger partial charge in [0.2, 0.25) is 0 Å². The summed E-state index contributed by atoms with van der Waals surface area (Å²) < 4.78 is 11.4. The number of aryl methyl sites for hydroxylation is 1. The van der Waals surface area contributed by atoms with Crippen LogP contribution in [0.5, 0.6) is 0 Å². The smallest absolute Gasteiger partial charge is 0.120 e. The van der Waals surface area contributed by atoms with Crippen molar-refractivity contribution in [3.63, 3.8) is 0 Å². The van der Waals surface area contributed by atoms with Crippen LogP contribution in [0.15, 0.2) is 6.20 Å². The zero-order valence-electron chi connectivity index (χ0n) is 17.1. The van der Waals surface area contributed by atoms with Gasteiger partial charge in [0, 0.05) is 38.3 Å². The highest BCUT2D eigenvalue weighted by Crippen LogP contribution is 2.38. The van der Waals surface area contributed by atoms with E-state index in [-0.39, 0.29) is 0 Å². The number of nitrogens with zero attached hydrogens (tertiary/aromatic N) is 2. The highest BCUT2D eigenvalue weighted by molar-refractivity contribution is 4.97. The molecule has 1 aromatic rings. The fourth-order valence-corrected chi connectivity index (χ4v) is 3.50. The summed E-state index contributed by atoms with van der Waals surface area (Å²) in [6.45, 7) is 8.70. The molecule has 2 atom stereocenters. The maximum absolute atomic E-state index is 5.77. The third kappa shape index (κ3) is 9.15. The molecule has 150 valence electrons. The maximum atomic E-state index is 5.77. The van der Waals surface area contributed by atoms with E-state index < -0.39 is 0 Å². The highest BCUT2D eigenvalue weighted by Gasteiger charge is 2.36. The van der Waals surface area contributed by atoms with Crippen molar-refractivity contribution in [1.82, 2.24) is 14.9 Å². The van der Waals surface area contributed by atoms with Crippen molar-refractivity contribution in [3.8, 4) is 0 Å². The van der Waals surface area contributed by atoms with E-state index in [0.29, 0.717) is 6.10 Å². The third-order valence-corrected chi connectivity index (χ3v) is 5.11. The van der Waals surface area contributed by atoms with Gasteiger partial charge < -0.3 is 14.5 Å². The normalized spacial score (nSPS) is 19.4. The summed E-state index contributed by atoms with van der Waals surface area (Å²) in [6, 6.07) is 0. The van der Waals surface area contributed by atoms with Crippen LogP contribution in [0.1, 0.15) is 69.8 Å². The predicted molar refractivity (Wildman–Crippen MR) is 106 cm³/mol. The number of aromatic amines is 1. The number of rotatable bonds is 16. The second kappa shape index (κ2) is 12.5. The van der Waals surface area contributed by atoms with Crippen molar-refractivity contribution >= 4 is 0 Å². The van der Waals surface area contributed by atoms with E-state index in [1.807, 2.05) is 13.1 Å². The van der Waals surface area contributed by atoms with Gasteiger partial charge in [0.15, 0.2) is 0 Å². The number of hydrogen-bond donors (Lipinski definition) is 1. The molecule has 2 unspecified atom stereocenters. The van der Waals surface area contributed by atoms with Crippen LogP contribution < -0.4 is 0 Å². The second-order valence-corrected chi connectivity index (χ2v) is 7.76. The summed E-state index contributed by atoms with van der Waals surface area (Å²) in [5.41, 5.74) is 1.12. The predicted octanol–water partition coefficient (Wildman–Crippen LogP) is 4.32. The zero-order chi connectivity index (χ0) is 18.6. The fourth-order valence-electron chi connectivity index (χ4n) is 3.50. The summed E-state index contributed by atoms with van der Waals surface area (Å²) in [5.74, 6) is 1.91. The molecule has 0 aromatic carbocycles. The lowest BCUT2D eigenvalue weighted by Gasteiger charge is -2.14. The Labute approximate surface area is 159 Å². The van der Waals surface area contributed by atoms with Crippen molar-refractivity contribution < 1.29 is 9.47 Å². The number of nitrogens with one attached hydrogen (secondary N) is 1. The molecule has 26 heavy (non-hydrogen) atoms. The quantitative estimate of drug-likeness (QED) is 0.443. The Morgan fingerprint density at radius 2 is 1.92 bits per heavy atom. The number of hydrogen-bond acceptors (Lipinski definition) is 4. The van der Waals surface area contributed by atoms with Gasteiger partial charge in [-0.05, 0) is 52.5 Å².